The van der Waals surface area contributed by atoms with Crippen LogP contribution in [0.5, 0.6) is 5.75 Å². The van der Waals surface area contributed by atoms with Gasteiger partial charge < -0.3 is 14.6 Å². The summed E-state index contributed by atoms with van der Waals surface area (Å²) < 4.78 is 11.5. The van der Waals surface area contributed by atoms with Gasteiger partial charge >= 0.3 is 0 Å². The average Bonchev–Trinajstić information content (AvgIpc) is 3.07. The highest BCUT2D eigenvalue weighted by Crippen LogP contribution is 2.30. The van der Waals surface area contributed by atoms with E-state index in [0.29, 0.717) is 6.61 Å². The Morgan fingerprint density at radius 3 is 2.62 bits per heavy atom. The highest BCUT2D eigenvalue weighted by molar-refractivity contribution is 5.29. The van der Waals surface area contributed by atoms with E-state index in [1.807, 2.05) is 30.3 Å². The van der Waals surface area contributed by atoms with E-state index in [0.717, 1.165) is 43.4 Å². The summed E-state index contributed by atoms with van der Waals surface area (Å²) in [7, 11) is 1.70. The first-order chi connectivity index (χ1) is 14.2. The predicted molar refractivity (Wildman–Crippen MR) is 118 cm³/mol. The van der Waals surface area contributed by atoms with E-state index in [1.54, 1.807) is 7.11 Å². The van der Waals surface area contributed by atoms with Gasteiger partial charge in [0.2, 0.25) is 0 Å². The zero-order valence-electron chi connectivity index (χ0n) is 17.5. The largest absolute Gasteiger partial charge is 0.497 e. The Hall–Kier alpha value is -2.36. The minimum absolute atomic E-state index is 0.0294. The van der Waals surface area contributed by atoms with Crippen molar-refractivity contribution in [2.24, 2.45) is 0 Å². The van der Waals surface area contributed by atoms with Gasteiger partial charge in [-0.3, -0.25) is 0 Å². The minimum Gasteiger partial charge on any atom is -0.497 e. The number of aliphatic hydroxyl groups is 1. The molecule has 2 atom stereocenters. The lowest BCUT2D eigenvalue weighted by Crippen LogP contribution is -2.16. The van der Waals surface area contributed by atoms with Gasteiger partial charge in [-0.15, -0.1) is 0 Å². The molecular formula is C26H32O3. The number of allylic oxidation sites excluding steroid dienone is 2. The van der Waals surface area contributed by atoms with Crippen LogP contribution in [0.4, 0.5) is 0 Å². The van der Waals surface area contributed by atoms with E-state index in [-0.39, 0.29) is 12.2 Å². The molecule has 3 rings (SSSR count). The van der Waals surface area contributed by atoms with Crippen LogP contribution in [-0.2, 0) is 17.8 Å². The molecule has 1 aliphatic rings. The van der Waals surface area contributed by atoms with Crippen molar-refractivity contribution in [1.82, 2.24) is 0 Å². The third-order valence-corrected chi connectivity index (χ3v) is 5.56. The quantitative estimate of drug-likeness (QED) is 0.533. The molecule has 1 N–H and O–H groups in total. The first kappa shape index (κ1) is 21.4. The maximum Gasteiger partial charge on any atom is 0.119 e. The van der Waals surface area contributed by atoms with E-state index in [2.05, 4.69) is 43.3 Å². The second-order valence-corrected chi connectivity index (χ2v) is 7.72. The van der Waals surface area contributed by atoms with Crippen LogP contribution in [0.1, 0.15) is 43.7 Å². The highest BCUT2D eigenvalue weighted by atomic mass is 16.5. The molecule has 0 heterocycles. The Kier molecular flexibility index (Phi) is 8.09. The molecule has 0 spiro atoms. The van der Waals surface area contributed by atoms with E-state index >= 15 is 0 Å². The van der Waals surface area contributed by atoms with Gasteiger partial charge in [0.1, 0.15) is 5.75 Å². The van der Waals surface area contributed by atoms with Crippen molar-refractivity contribution in [3.8, 4) is 5.75 Å². The molecule has 0 unspecified atom stereocenters. The minimum atomic E-state index is -0.317. The second-order valence-electron chi connectivity index (χ2n) is 7.72. The first-order valence-corrected chi connectivity index (χ1v) is 10.5. The van der Waals surface area contributed by atoms with Crippen LogP contribution in [0.15, 0.2) is 77.9 Å². The van der Waals surface area contributed by atoms with Gasteiger partial charge in [-0.2, -0.15) is 0 Å². The van der Waals surface area contributed by atoms with Gasteiger partial charge in [-0.1, -0.05) is 60.2 Å². The second kappa shape index (κ2) is 11.0. The fraction of sp³-hybridized carbons (Fsp3) is 0.385. The molecule has 2 aromatic rings. The summed E-state index contributed by atoms with van der Waals surface area (Å²) >= 11 is 0. The van der Waals surface area contributed by atoms with E-state index in [4.69, 9.17) is 9.47 Å². The number of aliphatic hydroxyl groups excluding tert-OH is 1. The molecule has 0 fully saturated rings. The molecule has 154 valence electrons. The summed E-state index contributed by atoms with van der Waals surface area (Å²) in [6.45, 7) is 2.71. The maximum absolute atomic E-state index is 10.3. The van der Waals surface area contributed by atoms with Crippen LogP contribution in [0.25, 0.3) is 0 Å². The number of hydrogen-bond acceptors (Lipinski definition) is 3. The number of ether oxygens (including phenoxy) is 2. The normalized spacial score (nSPS) is 17.8. The molecule has 0 aliphatic heterocycles. The van der Waals surface area contributed by atoms with Crippen molar-refractivity contribution in [3.63, 3.8) is 0 Å². The zero-order chi connectivity index (χ0) is 20.5. The van der Waals surface area contributed by atoms with Crippen molar-refractivity contribution >= 4 is 0 Å². The zero-order valence-corrected chi connectivity index (χ0v) is 17.5. The number of benzene rings is 2. The van der Waals surface area contributed by atoms with Gasteiger partial charge in [0.05, 0.1) is 25.9 Å². The molecule has 0 aromatic heterocycles. The standard InChI is InChI=1S/C26H32O3/c1-20-15-16-26(27)25(20)18-24(29-19-22-10-4-3-5-11-22)13-7-6-9-21-12-8-14-23(17-21)28-2/h3-5,7-8,10-14,17,24,26-27H,6,9,15-16,18-19H2,1-2H3/t24-,26+/m1/s1. The van der Waals surface area contributed by atoms with Crippen LogP contribution in [0.2, 0.25) is 0 Å². The molecule has 0 radical (unpaired) electrons. The van der Waals surface area contributed by atoms with E-state index < -0.39 is 0 Å². The summed E-state index contributed by atoms with van der Waals surface area (Å²) in [5, 5.41) is 10.3. The fourth-order valence-corrected chi connectivity index (χ4v) is 3.79. The van der Waals surface area contributed by atoms with E-state index in [1.165, 1.54) is 16.7 Å². The number of aryl methyl sites for hydroxylation is 1. The summed E-state index contributed by atoms with van der Waals surface area (Å²) in [6, 6.07) is 18.5. The predicted octanol–water partition coefficient (Wildman–Crippen LogP) is 5.63. The summed E-state index contributed by atoms with van der Waals surface area (Å²) in [4.78, 5) is 0. The van der Waals surface area contributed by atoms with Crippen molar-refractivity contribution in [2.45, 2.75) is 57.8 Å². The Morgan fingerprint density at radius 2 is 1.90 bits per heavy atom. The Balaban J connectivity index is 1.60. The van der Waals surface area contributed by atoms with Crippen LogP contribution < -0.4 is 4.74 Å². The number of hydrogen-bond donors (Lipinski definition) is 1. The van der Waals surface area contributed by atoms with Gasteiger partial charge in [-0.05, 0) is 61.4 Å². The molecule has 2 aromatic carbocycles. The van der Waals surface area contributed by atoms with Crippen LogP contribution >= 0.6 is 0 Å². The Morgan fingerprint density at radius 1 is 1.10 bits per heavy atom. The Labute approximate surface area is 174 Å². The molecule has 29 heavy (non-hydrogen) atoms. The lowest BCUT2D eigenvalue weighted by Gasteiger charge is -2.18. The summed E-state index contributed by atoms with van der Waals surface area (Å²) in [5.41, 5.74) is 4.90. The Bertz CT molecular complexity index is 823. The SMILES string of the molecule is COc1cccc(CCC=C[C@H](CC2=C(C)CC[C@@H]2O)OCc2ccccc2)c1. The molecule has 0 saturated carbocycles. The van der Waals surface area contributed by atoms with Crippen molar-refractivity contribution in [1.29, 1.82) is 0 Å². The van der Waals surface area contributed by atoms with Gasteiger partial charge in [0.15, 0.2) is 0 Å². The molecule has 3 heteroatoms. The van der Waals surface area contributed by atoms with Gasteiger partial charge in [0.25, 0.3) is 0 Å². The number of methoxy groups -OCH3 is 1. The topological polar surface area (TPSA) is 38.7 Å². The van der Waals surface area contributed by atoms with Crippen LogP contribution in [-0.4, -0.2) is 24.4 Å². The maximum atomic E-state index is 10.3. The third-order valence-electron chi connectivity index (χ3n) is 5.56. The fourth-order valence-electron chi connectivity index (χ4n) is 3.79. The lowest BCUT2D eigenvalue weighted by molar-refractivity contribution is 0.0674. The van der Waals surface area contributed by atoms with Crippen molar-refractivity contribution in [2.75, 3.05) is 7.11 Å². The smallest absolute Gasteiger partial charge is 0.119 e. The monoisotopic (exact) mass is 392 g/mol. The summed E-state index contributed by atoms with van der Waals surface area (Å²) in [6.07, 6.45) is 8.51. The first-order valence-electron chi connectivity index (χ1n) is 10.5. The molecule has 1 aliphatic carbocycles. The van der Waals surface area contributed by atoms with Crippen LogP contribution in [0, 0.1) is 0 Å². The molecule has 3 nitrogen and oxygen atoms in total. The lowest BCUT2D eigenvalue weighted by atomic mass is 10.0. The van der Waals surface area contributed by atoms with Crippen LogP contribution in [0.3, 0.4) is 0 Å². The molecular weight excluding hydrogens is 360 g/mol. The molecule has 0 amide bonds. The van der Waals surface area contributed by atoms with Gasteiger partial charge in [-0.25, -0.2) is 0 Å². The highest BCUT2D eigenvalue weighted by Gasteiger charge is 2.23. The van der Waals surface area contributed by atoms with Crippen molar-refractivity contribution < 1.29 is 14.6 Å². The average molecular weight is 393 g/mol. The molecule has 0 saturated heterocycles. The van der Waals surface area contributed by atoms with Gasteiger partial charge in [0, 0.05) is 6.42 Å². The third kappa shape index (κ3) is 6.59. The van der Waals surface area contributed by atoms with E-state index in [9.17, 15) is 5.11 Å². The van der Waals surface area contributed by atoms with Crippen molar-refractivity contribution in [3.05, 3.63) is 89.0 Å². The number of rotatable bonds is 10. The molecule has 0 bridgehead atoms. The summed E-state index contributed by atoms with van der Waals surface area (Å²) in [5.74, 6) is 0.896.